The highest BCUT2D eigenvalue weighted by Gasteiger charge is 2.44. The van der Waals surface area contributed by atoms with Crippen LogP contribution in [-0.2, 0) is 4.79 Å². The van der Waals surface area contributed by atoms with Crippen LogP contribution in [-0.4, -0.2) is 41.5 Å². The molecule has 0 radical (unpaired) electrons. The van der Waals surface area contributed by atoms with Gasteiger partial charge in [-0.1, -0.05) is 20.3 Å². The van der Waals surface area contributed by atoms with Crippen LogP contribution in [0.25, 0.3) is 0 Å². The minimum absolute atomic E-state index is 0.146. The average molecular weight is 295 g/mol. The molecule has 3 N–H and O–H groups in total. The lowest BCUT2D eigenvalue weighted by atomic mass is 9.77. The zero-order valence-corrected chi connectivity index (χ0v) is 13.9. The molecule has 2 rings (SSSR count). The number of nitrogens with zero attached hydrogens (tertiary/aromatic N) is 1. The third kappa shape index (κ3) is 4.19. The molecule has 0 aromatic carbocycles. The van der Waals surface area contributed by atoms with Crippen LogP contribution in [0.5, 0.6) is 0 Å². The Balaban J connectivity index is 2.03. The van der Waals surface area contributed by atoms with E-state index in [1.54, 1.807) is 0 Å². The van der Waals surface area contributed by atoms with Gasteiger partial charge in [0.2, 0.25) is 5.91 Å². The summed E-state index contributed by atoms with van der Waals surface area (Å²) in [5.74, 6) is -0.146. The molecule has 0 saturated heterocycles. The normalized spacial score (nSPS) is 29.8. The van der Waals surface area contributed by atoms with Gasteiger partial charge in [-0.05, 0) is 64.5 Å². The van der Waals surface area contributed by atoms with Gasteiger partial charge in [-0.3, -0.25) is 9.69 Å². The van der Waals surface area contributed by atoms with Gasteiger partial charge < -0.3 is 11.1 Å². The second-order valence-electron chi connectivity index (χ2n) is 6.95. The maximum atomic E-state index is 12.1. The van der Waals surface area contributed by atoms with Gasteiger partial charge in [0.25, 0.3) is 0 Å². The van der Waals surface area contributed by atoms with Crippen LogP contribution in [0.3, 0.4) is 0 Å². The van der Waals surface area contributed by atoms with E-state index >= 15 is 0 Å². The van der Waals surface area contributed by atoms with Crippen molar-refractivity contribution < 1.29 is 4.79 Å². The summed E-state index contributed by atoms with van der Waals surface area (Å²) in [7, 11) is 0. The summed E-state index contributed by atoms with van der Waals surface area (Å²) in [4.78, 5) is 14.8. The number of unbranched alkanes of at least 4 members (excludes halogenated alkanes) is 1. The zero-order valence-electron chi connectivity index (χ0n) is 13.9. The van der Waals surface area contributed by atoms with Crippen molar-refractivity contribution in [2.75, 3.05) is 13.1 Å². The van der Waals surface area contributed by atoms with Gasteiger partial charge >= 0.3 is 0 Å². The summed E-state index contributed by atoms with van der Waals surface area (Å²) in [6.45, 7) is 6.46. The Bertz CT molecular complexity index is 343. The maximum absolute atomic E-state index is 12.1. The molecule has 122 valence electrons. The number of carbonyl (C=O) groups is 1. The lowest BCUT2D eigenvalue weighted by Gasteiger charge is -2.44. The Morgan fingerprint density at radius 2 is 2.00 bits per heavy atom. The molecule has 2 saturated carbocycles. The fraction of sp³-hybridized carbons (Fsp3) is 0.941. The molecule has 2 aliphatic rings. The maximum Gasteiger partial charge on any atom is 0.237 e. The summed E-state index contributed by atoms with van der Waals surface area (Å²) < 4.78 is 0. The zero-order chi connectivity index (χ0) is 15.3. The van der Waals surface area contributed by atoms with Crippen LogP contribution in [0.4, 0.5) is 0 Å². The van der Waals surface area contributed by atoms with Crippen molar-refractivity contribution in [3.8, 4) is 0 Å². The average Bonchev–Trinajstić information content (AvgIpc) is 3.30. The largest absolute Gasteiger partial charge is 0.368 e. The quantitative estimate of drug-likeness (QED) is 0.687. The van der Waals surface area contributed by atoms with Gasteiger partial charge in [0.1, 0.15) is 0 Å². The van der Waals surface area contributed by atoms with E-state index in [1.807, 2.05) is 0 Å². The van der Waals surface area contributed by atoms with Gasteiger partial charge in [-0.15, -0.1) is 0 Å². The van der Waals surface area contributed by atoms with E-state index in [1.165, 1.54) is 38.6 Å². The summed E-state index contributed by atoms with van der Waals surface area (Å²) in [6, 6.07) is 1.31. The van der Waals surface area contributed by atoms with Crippen molar-refractivity contribution in [3.05, 3.63) is 0 Å². The first-order chi connectivity index (χ1) is 10.1. The van der Waals surface area contributed by atoms with Crippen LogP contribution in [0, 0.1) is 0 Å². The minimum atomic E-state index is -0.460. The standard InChI is InChI=1S/C17H33N3O/c1-3-5-12-20(14-8-9-14)15-7-6-10-17(13-15,16(18)21)19-11-4-2/h14-15,19H,3-13H2,1-2H3,(H2,18,21). The third-order valence-corrected chi connectivity index (χ3v) is 5.16. The van der Waals surface area contributed by atoms with Crippen LogP contribution in [0.1, 0.15) is 71.6 Å². The number of hydrogen-bond acceptors (Lipinski definition) is 3. The van der Waals surface area contributed by atoms with Crippen LogP contribution in [0.15, 0.2) is 0 Å². The van der Waals surface area contributed by atoms with Gasteiger partial charge in [-0.2, -0.15) is 0 Å². The molecular formula is C17H33N3O. The Hall–Kier alpha value is -0.610. The van der Waals surface area contributed by atoms with Crippen LogP contribution in [0.2, 0.25) is 0 Å². The lowest BCUT2D eigenvalue weighted by Crippen LogP contribution is -2.61. The molecule has 2 fully saturated rings. The molecule has 0 spiro atoms. The van der Waals surface area contributed by atoms with Gasteiger partial charge in [0, 0.05) is 12.1 Å². The molecule has 21 heavy (non-hydrogen) atoms. The van der Waals surface area contributed by atoms with Crippen LogP contribution >= 0.6 is 0 Å². The smallest absolute Gasteiger partial charge is 0.237 e. The van der Waals surface area contributed by atoms with Crippen molar-refractivity contribution in [2.24, 2.45) is 5.73 Å². The first-order valence-electron chi connectivity index (χ1n) is 8.93. The first-order valence-corrected chi connectivity index (χ1v) is 8.93. The second kappa shape index (κ2) is 7.59. The van der Waals surface area contributed by atoms with E-state index in [-0.39, 0.29) is 5.91 Å². The molecule has 0 bridgehead atoms. The topological polar surface area (TPSA) is 58.4 Å². The molecule has 0 aromatic rings. The van der Waals surface area contributed by atoms with Crippen molar-refractivity contribution in [1.29, 1.82) is 0 Å². The van der Waals surface area contributed by atoms with Crippen molar-refractivity contribution in [3.63, 3.8) is 0 Å². The highest BCUT2D eigenvalue weighted by atomic mass is 16.1. The molecule has 0 heterocycles. The number of carbonyl (C=O) groups excluding carboxylic acids is 1. The van der Waals surface area contributed by atoms with E-state index in [0.717, 1.165) is 38.3 Å². The van der Waals surface area contributed by atoms with Gasteiger partial charge in [0.05, 0.1) is 5.54 Å². The molecule has 2 aliphatic carbocycles. The highest BCUT2D eigenvalue weighted by Crippen LogP contribution is 2.37. The fourth-order valence-corrected chi connectivity index (χ4v) is 3.77. The SMILES string of the molecule is CCCCN(C1CC1)C1CCCC(NCCC)(C(N)=O)C1. The van der Waals surface area contributed by atoms with Crippen molar-refractivity contribution in [2.45, 2.75) is 89.3 Å². The summed E-state index contributed by atoms with van der Waals surface area (Å²) >= 11 is 0. The Morgan fingerprint density at radius 1 is 1.24 bits per heavy atom. The predicted octanol–water partition coefficient (Wildman–Crippen LogP) is 2.42. The fourth-order valence-electron chi connectivity index (χ4n) is 3.77. The van der Waals surface area contributed by atoms with Crippen LogP contribution < -0.4 is 11.1 Å². The summed E-state index contributed by atoms with van der Waals surface area (Å²) in [5, 5.41) is 3.48. The second-order valence-corrected chi connectivity index (χ2v) is 6.95. The lowest BCUT2D eigenvalue weighted by molar-refractivity contribution is -0.126. The molecule has 4 heteroatoms. The molecular weight excluding hydrogens is 262 g/mol. The number of primary amides is 1. The number of nitrogens with two attached hydrogens (primary N) is 1. The van der Waals surface area contributed by atoms with Gasteiger partial charge in [-0.25, -0.2) is 0 Å². The van der Waals surface area contributed by atoms with E-state index < -0.39 is 5.54 Å². The number of amides is 1. The highest BCUT2D eigenvalue weighted by molar-refractivity contribution is 5.84. The van der Waals surface area contributed by atoms with E-state index in [0.29, 0.717) is 6.04 Å². The Kier molecular flexibility index (Phi) is 6.06. The summed E-state index contributed by atoms with van der Waals surface area (Å²) in [5.41, 5.74) is 5.32. The molecule has 4 nitrogen and oxygen atoms in total. The Labute approximate surface area is 129 Å². The van der Waals surface area contributed by atoms with Crippen molar-refractivity contribution >= 4 is 5.91 Å². The Morgan fingerprint density at radius 3 is 2.57 bits per heavy atom. The van der Waals surface area contributed by atoms with E-state index in [4.69, 9.17) is 5.73 Å². The van der Waals surface area contributed by atoms with E-state index in [9.17, 15) is 4.79 Å². The molecule has 0 aliphatic heterocycles. The number of rotatable bonds is 9. The third-order valence-electron chi connectivity index (χ3n) is 5.16. The number of hydrogen-bond donors (Lipinski definition) is 2. The molecule has 2 atom stereocenters. The van der Waals surface area contributed by atoms with Crippen molar-refractivity contribution in [1.82, 2.24) is 10.2 Å². The summed E-state index contributed by atoms with van der Waals surface area (Å²) in [6.07, 6.45) is 10.4. The predicted molar refractivity (Wildman–Crippen MR) is 87.1 cm³/mol. The minimum Gasteiger partial charge on any atom is -0.368 e. The number of nitrogens with one attached hydrogen (secondary N) is 1. The molecule has 0 aromatic heterocycles. The van der Waals surface area contributed by atoms with E-state index in [2.05, 4.69) is 24.1 Å². The monoisotopic (exact) mass is 295 g/mol. The first kappa shape index (κ1) is 16.8. The van der Waals surface area contributed by atoms with Gasteiger partial charge in [0.15, 0.2) is 0 Å². The molecule has 1 amide bonds. The molecule has 2 unspecified atom stereocenters.